The number of carbonyl (C=O) groups is 4. The highest BCUT2D eigenvalue weighted by Crippen LogP contribution is 2.45. The van der Waals surface area contributed by atoms with Crippen LogP contribution in [0, 0.1) is 11.8 Å². The van der Waals surface area contributed by atoms with Gasteiger partial charge in [0.2, 0.25) is 0 Å². The lowest BCUT2D eigenvalue weighted by atomic mass is 10.00. The zero-order valence-electron chi connectivity index (χ0n) is 64.1. The number of esters is 4. The number of carbonyl (C=O) groups excluding carboxylic acids is 4. The lowest BCUT2D eigenvalue weighted by molar-refractivity contribution is -0.161. The molecule has 0 aliphatic carbocycles. The van der Waals surface area contributed by atoms with Gasteiger partial charge in [-0.2, -0.15) is 0 Å². The van der Waals surface area contributed by atoms with Gasteiger partial charge >= 0.3 is 39.5 Å². The summed E-state index contributed by atoms with van der Waals surface area (Å²) in [5, 5.41) is 10.6. The number of phosphoric ester groups is 2. The van der Waals surface area contributed by atoms with Crippen LogP contribution in [-0.4, -0.2) is 96.7 Å². The zero-order chi connectivity index (χ0) is 72.1. The van der Waals surface area contributed by atoms with E-state index in [0.29, 0.717) is 25.7 Å². The number of ether oxygens (including phenoxy) is 4. The molecule has 0 spiro atoms. The van der Waals surface area contributed by atoms with Crippen LogP contribution in [0.1, 0.15) is 414 Å². The summed E-state index contributed by atoms with van der Waals surface area (Å²) in [7, 11) is -9.91. The second-order valence-electron chi connectivity index (χ2n) is 29.2. The van der Waals surface area contributed by atoms with Gasteiger partial charge in [0.1, 0.15) is 19.3 Å². The highest BCUT2D eigenvalue weighted by atomic mass is 31.2. The molecular weight excluding hydrogens is 1280 g/mol. The van der Waals surface area contributed by atoms with Crippen LogP contribution in [-0.2, 0) is 65.4 Å². The molecular formula is C79H154O17P2. The maximum Gasteiger partial charge on any atom is 0.472 e. The highest BCUT2D eigenvalue weighted by Gasteiger charge is 2.30. The normalized spacial score (nSPS) is 14.2. The third-order valence-corrected chi connectivity index (χ3v) is 20.7. The van der Waals surface area contributed by atoms with Gasteiger partial charge in [0.05, 0.1) is 26.4 Å². The number of rotatable bonds is 78. The van der Waals surface area contributed by atoms with E-state index in [1.807, 2.05) is 0 Å². The number of hydrogen-bond donors (Lipinski definition) is 3. The minimum Gasteiger partial charge on any atom is -0.462 e. The summed E-state index contributed by atoms with van der Waals surface area (Å²) in [6.45, 7) is 9.62. The molecule has 0 fully saturated rings. The molecule has 17 nitrogen and oxygen atoms in total. The SMILES string of the molecule is CCCCCCCCCCCCCCCCCC(=O)OC[C@H](COP(=O)(O)OC[C@@H](O)COP(=O)(O)OC[C@@H](COC(=O)CCCCCCCCC(C)CC)OC(=O)CCCCCCCCCCCCCC)OC(=O)CCCCCCCCCCCCCCCCCCCCC(C)C. The first kappa shape index (κ1) is 96.1. The Labute approximate surface area is 600 Å². The number of aliphatic hydroxyl groups excluding tert-OH is 1. The summed E-state index contributed by atoms with van der Waals surface area (Å²) in [5.74, 6) is -0.560. The van der Waals surface area contributed by atoms with Crippen molar-refractivity contribution in [2.24, 2.45) is 11.8 Å². The lowest BCUT2D eigenvalue weighted by Crippen LogP contribution is -2.30. The lowest BCUT2D eigenvalue weighted by Gasteiger charge is -2.21. The van der Waals surface area contributed by atoms with Crippen molar-refractivity contribution in [3.8, 4) is 0 Å². The number of aliphatic hydroxyl groups is 1. The highest BCUT2D eigenvalue weighted by molar-refractivity contribution is 7.47. The molecule has 0 heterocycles. The van der Waals surface area contributed by atoms with Crippen molar-refractivity contribution in [2.45, 2.75) is 432 Å². The minimum absolute atomic E-state index is 0.107. The van der Waals surface area contributed by atoms with Crippen molar-refractivity contribution in [3.05, 3.63) is 0 Å². The Morgan fingerprint density at radius 1 is 0.296 bits per heavy atom. The molecule has 0 bridgehead atoms. The fourth-order valence-corrected chi connectivity index (χ4v) is 13.7. The van der Waals surface area contributed by atoms with Crippen LogP contribution < -0.4 is 0 Å². The molecule has 0 rings (SSSR count). The standard InChI is InChI=1S/C79H154O17P2/c1-7-10-12-14-16-18-20-22-27-31-35-38-42-49-55-61-76(81)89-67-74(95-79(84)64-58-52-44-40-36-32-29-26-24-23-25-28-30-33-37-41-47-53-59-71(4)5)69-93-97(85,86)91-65-73(80)66-92-98(87,88)94-70-75(68-90-77(82)62-56-50-46-45-48-54-60-72(6)9-3)96-78(83)63-57-51-43-39-34-21-19-17-15-13-11-8-2/h71-75,80H,7-70H2,1-6H3,(H,85,86)(H,87,88)/t72?,73-,74-,75-/m1/s1. The first-order valence-corrected chi connectivity index (χ1v) is 44.0. The Bertz CT molecular complexity index is 1890. The third-order valence-electron chi connectivity index (χ3n) is 18.8. The number of phosphoric acid groups is 2. The van der Waals surface area contributed by atoms with Crippen LogP contribution in [0.15, 0.2) is 0 Å². The Hall–Kier alpha value is -1.94. The molecule has 0 amide bonds. The van der Waals surface area contributed by atoms with E-state index in [9.17, 15) is 43.2 Å². The van der Waals surface area contributed by atoms with E-state index in [-0.39, 0.29) is 25.7 Å². The van der Waals surface area contributed by atoms with Crippen molar-refractivity contribution in [1.82, 2.24) is 0 Å². The quantitative estimate of drug-likeness (QED) is 0.0222. The Kier molecular flexibility index (Phi) is 69.3. The Morgan fingerprint density at radius 3 is 0.776 bits per heavy atom. The summed E-state index contributed by atoms with van der Waals surface area (Å²) in [6, 6.07) is 0. The van der Waals surface area contributed by atoms with Gasteiger partial charge in [0.15, 0.2) is 12.2 Å². The molecule has 0 aliphatic heterocycles. The van der Waals surface area contributed by atoms with Crippen LogP contribution in [0.5, 0.6) is 0 Å². The second-order valence-corrected chi connectivity index (χ2v) is 32.1. The fraction of sp³-hybridized carbons (Fsp3) is 0.949. The van der Waals surface area contributed by atoms with Crippen LogP contribution in [0.3, 0.4) is 0 Å². The Balaban J connectivity index is 5.21. The van der Waals surface area contributed by atoms with Crippen molar-refractivity contribution >= 4 is 39.5 Å². The van der Waals surface area contributed by atoms with E-state index in [0.717, 1.165) is 108 Å². The maximum atomic E-state index is 13.1. The largest absolute Gasteiger partial charge is 0.472 e. The van der Waals surface area contributed by atoms with E-state index in [1.54, 1.807) is 0 Å². The Morgan fingerprint density at radius 2 is 0.520 bits per heavy atom. The van der Waals surface area contributed by atoms with E-state index in [2.05, 4.69) is 41.5 Å². The molecule has 0 aromatic rings. The molecule has 582 valence electrons. The summed E-state index contributed by atoms with van der Waals surface area (Å²) in [4.78, 5) is 72.9. The predicted molar refractivity (Wildman–Crippen MR) is 400 cm³/mol. The molecule has 19 heteroatoms. The maximum absolute atomic E-state index is 13.1. The molecule has 3 unspecified atom stereocenters. The predicted octanol–water partition coefficient (Wildman–Crippen LogP) is 23.5. The van der Waals surface area contributed by atoms with E-state index in [1.165, 1.54) is 225 Å². The third kappa shape index (κ3) is 71.1. The summed E-state index contributed by atoms with van der Waals surface area (Å²) in [6.07, 6.45) is 59.7. The van der Waals surface area contributed by atoms with Gasteiger partial charge in [-0.05, 0) is 37.5 Å². The van der Waals surface area contributed by atoms with Crippen molar-refractivity contribution < 1.29 is 80.2 Å². The van der Waals surface area contributed by atoms with Gasteiger partial charge in [-0.15, -0.1) is 0 Å². The molecule has 6 atom stereocenters. The first-order chi connectivity index (χ1) is 47.4. The fourth-order valence-electron chi connectivity index (χ4n) is 12.2. The molecule has 0 aliphatic rings. The summed E-state index contributed by atoms with van der Waals surface area (Å²) < 4.78 is 68.6. The van der Waals surface area contributed by atoms with Crippen LogP contribution in [0.25, 0.3) is 0 Å². The van der Waals surface area contributed by atoms with E-state index in [4.69, 9.17) is 37.0 Å². The molecule has 0 saturated heterocycles. The van der Waals surface area contributed by atoms with Crippen molar-refractivity contribution in [1.29, 1.82) is 0 Å². The first-order valence-electron chi connectivity index (χ1n) is 41.0. The minimum atomic E-state index is -4.96. The van der Waals surface area contributed by atoms with Gasteiger partial charge in [-0.25, -0.2) is 9.13 Å². The molecule has 0 aromatic carbocycles. The number of unbranched alkanes of at least 4 members (excludes halogenated alkanes) is 47. The van der Waals surface area contributed by atoms with Gasteiger partial charge in [0, 0.05) is 25.7 Å². The van der Waals surface area contributed by atoms with E-state index < -0.39 is 97.5 Å². The monoisotopic (exact) mass is 1440 g/mol. The van der Waals surface area contributed by atoms with E-state index >= 15 is 0 Å². The van der Waals surface area contributed by atoms with Gasteiger partial charge < -0.3 is 33.8 Å². The zero-order valence-corrected chi connectivity index (χ0v) is 65.9. The van der Waals surface area contributed by atoms with Crippen molar-refractivity contribution in [2.75, 3.05) is 39.6 Å². The average Bonchev–Trinajstić information content (AvgIpc) is 0.974. The van der Waals surface area contributed by atoms with Crippen molar-refractivity contribution in [3.63, 3.8) is 0 Å². The summed E-state index contributed by atoms with van der Waals surface area (Å²) in [5.41, 5.74) is 0. The number of hydrogen-bond acceptors (Lipinski definition) is 15. The van der Waals surface area contributed by atoms with Gasteiger partial charge in [0.25, 0.3) is 0 Å². The second kappa shape index (κ2) is 70.7. The van der Waals surface area contributed by atoms with Crippen LogP contribution in [0.4, 0.5) is 0 Å². The molecule has 0 saturated carbocycles. The van der Waals surface area contributed by atoms with Gasteiger partial charge in [-0.1, -0.05) is 363 Å². The molecule has 98 heavy (non-hydrogen) atoms. The molecule has 0 radical (unpaired) electrons. The molecule has 0 aromatic heterocycles. The smallest absolute Gasteiger partial charge is 0.462 e. The van der Waals surface area contributed by atoms with Crippen LogP contribution in [0.2, 0.25) is 0 Å². The van der Waals surface area contributed by atoms with Gasteiger partial charge in [-0.3, -0.25) is 37.3 Å². The molecule has 3 N–H and O–H groups in total. The van der Waals surface area contributed by atoms with Crippen LogP contribution >= 0.6 is 15.6 Å². The average molecular weight is 1440 g/mol. The summed E-state index contributed by atoms with van der Waals surface area (Å²) >= 11 is 0. The topological polar surface area (TPSA) is 237 Å².